The first kappa shape index (κ1) is 19.6. The van der Waals surface area contributed by atoms with E-state index in [0.29, 0.717) is 11.4 Å². The SMILES string of the molecule is O=S(=O)(c1cc(Cl)cc(Cl)c1O)N(Cc1ccccn1)Cc1ccccn1. The topological polar surface area (TPSA) is 83.4 Å². The van der Waals surface area contributed by atoms with Crippen LogP contribution in [0.4, 0.5) is 0 Å². The molecule has 0 aliphatic carbocycles. The molecule has 0 unspecified atom stereocenters. The molecule has 140 valence electrons. The van der Waals surface area contributed by atoms with Crippen LogP contribution in [0.2, 0.25) is 10.0 Å². The number of hydrogen-bond acceptors (Lipinski definition) is 5. The second-order valence-electron chi connectivity index (χ2n) is 5.65. The zero-order valence-corrected chi connectivity index (χ0v) is 16.3. The molecule has 0 atom stereocenters. The third kappa shape index (κ3) is 4.56. The summed E-state index contributed by atoms with van der Waals surface area (Å²) in [6.45, 7) is -0.0212. The van der Waals surface area contributed by atoms with E-state index in [1.165, 1.54) is 16.4 Å². The van der Waals surface area contributed by atoms with Crippen LogP contribution in [0, 0.1) is 0 Å². The number of phenols is 1. The Labute approximate surface area is 167 Å². The van der Waals surface area contributed by atoms with Crippen LogP contribution in [0.5, 0.6) is 5.75 Å². The van der Waals surface area contributed by atoms with Crippen LogP contribution in [0.15, 0.2) is 65.8 Å². The van der Waals surface area contributed by atoms with E-state index in [-0.39, 0.29) is 28.0 Å². The molecule has 0 fully saturated rings. The summed E-state index contributed by atoms with van der Waals surface area (Å²) in [5.41, 5.74) is 1.09. The molecule has 2 heterocycles. The molecule has 1 aromatic carbocycles. The maximum absolute atomic E-state index is 13.3. The van der Waals surface area contributed by atoms with Crippen LogP contribution in [0.25, 0.3) is 0 Å². The zero-order chi connectivity index (χ0) is 19.4. The van der Waals surface area contributed by atoms with Gasteiger partial charge in [0.25, 0.3) is 0 Å². The third-order valence-electron chi connectivity index (χ3n) is 3.74. The average Bonchev–Trinajstić information content (AvgIpc) is 2.65. The van der Waals surface area contributed by atoms with Crippen molar-refractivity contribution in [3.05, 3.63) is 82.4 Å². The van der Waals surface area contributed by atoms with E-state index in [1.54, 1.807) is 48.8 Å². The largest absolute Gasteiger partial charge is 0.505 e. The van der Waals surface area contributed by atoms with Crippen molar-refractivity contribution in [1.29, 1.82) is 0 Å². The van der Waals surface area contributed by atoms with Gasteiger partial charge in [0.1, 0.15) is 4.90 Å². The molecule has 0 amide bonds. The summed E-state index contributed by atoms with van der Waals surface area (Å²) >= 11 is 11.9. The summed E-state index contributed by atoms with van der Waals surface area (Å²) in [6, 6.07) is 12.9. The quantitative estimate of drug-likeness (QED) is 0.650. The minimum absolute atomic E-state index is 0.0106. The van der Waals surface area contributed by atoms with Gasteiger partial charge in [0.15, 0.2) is 5.75 Å². The predicted octanol–water partition coefficient (Wildman–Crippen LogP) is 3.88. The molecule has 3 rings (SSSR count). The maximum atomic E-state index is 13.3. The van der Waals surface area contributed by atoms with Gasteiger partial charge in [-0.1, -0.05) is 35.3 Å². The highest BCUT2D eigenvalue weighted by molar-refractivity contribution is 7.89. The smallest absolute Gasteiger partial charge is 0.247 e. The van der Waals surface area contributed by atoms with Crippen LogP contribution in [-0.4, -0.2) is 27.8 Å². The van der Waals surface area contributed by atoms with E-state index in [1.807, 2.05) is 0 Å². The molecule has 0 spiro atoms. The lowest BCUT2D eigenvalue weighted by Crippen LogP contribution is -2.31. The molecular formula is C18H15Cl2N3O3S. The first-order valence-electron chi connectivity index (χ1n) is 7.86. The van der Waals surface area contributed by atoms with Crippen LogP contribution in [0.1, 0.15) is 11.4 Å². The first-order chi connectivity index (χ1) is 12.9. The van der Waals surface area contributed by atoms with Gasteiger partial charge in [0.05, 0.1) is 29.5 Å². The standard InChI is InChI=1S/C18H15Cl2N3O3S/c19-13-9-16(20)18(24)17(10-13)27(25,26)23(11-14-5-1-3-7-21-14)12-15-6-2-4-8-22-15/h1-10,24H,11-12H2. The normalized spacial score (nSPS) is 11.7. The summed E-state index contributed by atoms with van der Waals surface area (Å²) in [6.07, 6.45) is 3.16. The molecule has 1 N–H and O–H groups in total. The minimum atomic E-state index is -4.14. The number of rotatable bonds is 6. The van der Waals surface area contributed by atoms with E-state index >= 15 is 0 Å². The Kier molecular flexibility index (Phi) is 5.96. The second-order valence-corrected chi connectivity index (χ2v) is 8.40. The van der Waals surface area contributed by atoms with Gasteiger partial charge in [-0.15, -0.1) is 0 Å². The zero-order valence-electron chi connectivity index (χ0n) is 14.0. The van der Waals surface area contributed by atoms with Gasteiger partial charge < -0.3 is 5.11 Å². The number of nitrogens with zero attached hydrogens (tertiary/aromatic N) is 3. The molecule has 0 aliphatic rings. The van der Waals surface area contributed by atoms with Crippen molar-refractivity contribution in [2.75, 3.05) is 0 Å². The molecule has 0 radical (unpaired) electrons. The summed E-state index contributed by atoms with van der Waals surface area (Å²) in [5.74, 6) is -0.548. The molecule has 0 saturated heterocycles. The van der Waals surface area contributed by atoms with Crippen LogP contribution >= 0.6 is 23.2 Å². The Morgan fingerprint density at radius 1 is 0.926 bits per heavy atom. The molecule has 2 aromatic heterocycles. The second kappa shape index (κ2) is 8.22. The summed E-state index contributed by atoms with van der Waals surface area (Å²) in [5, 5.41) is 10.2. The van der Waals surface area contributed by atoms with E-state index < -0.39 is 15.8 Å². The molecule has 0 bridgehead atoms. The number of benzene rings is 1. The molecule has 6 nitrogen and oxygen atoms in total. The van der Waals surface area contributed by atoms with Gasteiger partial charge in [-0.3, -0.25) is 9.97 Å². The van der Waals surface area contributed by atoms with Gasteiger partial charge in [-0.2, -0.15) is 4.31 Å². The van der Waals surface area contributed by atoms with Gasteiger partial charge in [0, 0.05) is 17.4 Å². The van der Waals surface area contributed by atoms with Crippen molar-refractivity contribution in [3.63, 3.8) is 0 Å². The van der Waals surface area contributed by atoms with E-state index in [2.05, 4.69) is 9.97 Å². The Bertz CT molecular complexity index is 991. The maximum Gasteiger partial charge on any atom is 0.247 e. The number of hydrogen-bond donors (Lipinski definition) is 1. The highest BCUT2D eigenvalue weighted by Gasteiger charge is 2.30. The van der Waals surface area contributed by atoms with E-state index in [0.717, 1.165) is 0 Å². The number of sulfonamides is 1. The number of aromatic hydroxyl groups is 1. The van der Waals surface area contributed by atoms with Crippen LogP contribution in [0.3, 0.4) is 0 Å². The monoisotopic (exact) mass is 423 g/mol. The lowest BCUT2D eigenvalue weighted by atomic mass is 10.3. The van der Waals surface area contributed by atoms with Crippen molar-refractivity contribution < 1.29 is 13.5 Å². The fraction of sp³-hybridized carbons (Fsp3) is 0.111. The Hall–Kier alpha value is -2.19. The van der Waals surface area contributed by atoms with Crippen LogP contribution < -0.4 is 0 Å². The average molecular weight is 424 g/mol. The first-order valence-corrected chi connectivity index (χ1v) is 10.1. The molecular weight excluding hydrogens is 409 g/mol. The van der Waals surface area contributed by atoms with Gasteiger partial charge in [-0.25, -0.2) is 8.42 Å². The summed E-state index contributed by atoms with van der Waals surface area (Å²) in [7, 11) is -4.14. The minimum Gasteiger partial charge on any atom is -0.505 e. The summed E-state index contributed by atoms with van der Waals surface area (Å²) < 4.78 is 27.7. The Balaban J connectivity index is 2.05. The highest BCUT2D eigenvalue weighted by atomic mass is 35.5. The highest BCUT2D eigenvalue weighted by Crippen LogP contribution is 2.36. The Morgan fingerprint density at radius 2 is 1.48 bits per heavy atom. The third-order valence-corrected chi connectivity index (χ3v) is 6.05. The van der Waals surface area contributed by atoms with E-state index in [9.17, 15) is 13.5 Å². The fourth-order valence-corrected chi connectivity index (χ4v) is 4.58. The van der Waals surface area contributed by atoms with Gasteiger partial charge in [0.2, 0.25) is 10.0 Å². The number of pyridine rings is 2. The van der Waals surface area contributed by atoms with Crippen LogP contribution in [-0.2, 0) is 23.1 Å². The number of phenolic OH excluding ortho intramolecular Hbond substituents is 1. The number of aromatic nitrogens is 2. The van der Waals surface area contributed by atoms with Crippen molar-refractivity contribution in [3.8, 4) is 5.75 Å². The van der Waals surface area contributed by atoms with Crippen molar-refractivity contribution in [2.24, 2.45) is 0 Å². The van der Waals surface area contributed by atoms with Crippen molar-refractivity contribution >= 4 is 33.2 Å². The van der Waals surface area contributed by atoms with E-state index in [4.69, 9.17) is 23.2 Å². The molecule has 3 aromatic rings. The molecule has 0 aliphatic heterocycles. The lowest BCUT2D eigenvalue weighted by Gasteiger charge is -2.22. The number of halogens is 2. The predicted molar refractivity (Wildman–Crippen MR) is 103 cm³/mol. The van der Waals surface area contributed by atoms with Crippen molar-refractivity contribution in [1.82, 2.24) is 14.3 Å². The Morgan fingerprint density at radius 3 is 1.96 bits per heavy atom. The fourth-order valence-electron chi connectivity index (χ4n) is 2.45. The van der Waals surface area contributed by atoms with Crippen molar-refractivity contribution in [2.45, 2.75) is 18.0 Å². The molecule has 27 heavy (non-hydrogen) atoms. The molecule has 0 saturated carbocycles. The summed E-state index contributed by atoms with van der Waals surface area (Å²) in [4.78, 5) is 8.00. The van der Waals surface area contributed by atoms with Gasteiger partial charge >= 0.3 is 0 Å². The lowest BCUT2D eigenvalue weighted by molar-refractivity contribution is 0.387. The molecule has 9 heteroatoms. The van der Waals surface area contributed by atoms with Gasteiger partial charge in [-0.05, 0) is 36.4 Å².